The van der Waals surface area contributed by atoms with Crippen LogP contribution in [-0.4, -0.2) is 43.7 Å². The summed E-state index contributed by atoms with van der Waals surface area (Å²) in [5.74, 6) is -2.71. The van der Waals surface area contributed by atoms with Crippen molar-refractivity contribution in [1.29, 1.82) is 0 Å². The van der Waals surface area contributed by atoms with Crippen molar-refractivity contribution in [3.8, 4) is 11.5 Å². The maximum absolute atomic E-state index is 13.3. The van der Waals surface area contributed by atoms with Crippen LogP contribution in [0.4, 0.5) is 13.2 Å². The van der Waals surface area contributed by atoms with Gasteiger partial charge in [-0.25, -0.2) is 8.42 Å². The predicted molar refractivity (Wildman–Crippen MR) is 115 cm³/mol. The van der Waals surface area contributed by atoms with Crippen molar-refractivity contribution >= 4 is 33.4 Å². The fourth-order valence-electron chi connectivity index (χ4n) is 3.21. The molecule has 2 N–H and O–H groups in total. The number of hydrogen-bond acceptors (Lipinski definition) is 6. The standard InChI is InChI=1S/C21H19ClF3NO7S/c1-2-34(30,31)26-15(20(28)29)10-32-17-8-11(21(23,24)25)6-7-13(17)18-9-16(27)12-4-3-5-14(22)19(12)33-18/h3-8,15,18,26H,2,9-10H2,1H3,(H,28,29)/t15-,18?/m0/s1. The van der Waals surface area contributed by atoms with Crippen molar-refractivity contribution in [2.75, 3.05) is 12.4 Å². The molecule has 1 aliphatic rings. The summed E-state index contributed by atoms with van der Waals surface area (Å²) in [6.45, 7) is 0.467. The zero-order valence-electron chi connectivity index (χ0n) is 17.6. The smallest absolute Gasteiger partial charge is 0.416 e. The zero-order chi connectivity index (χ0) is 25.3. The highest BCUT2D eigenvalue weighted by Crippen LogP contribution is 2.43. The number of rotatable bonds is 8. The summed E-state index contributed by atoms with van der Waals surface area (Å²) in [7, 11) is -3.95. The summed E-state index contributed by atoms with van der Waals surface area (Å²) in [4.78, 5) is 24.1. The maximum atomic E-state index is 13.3. The Kier molecular flexibility index (Phi) is 7.44. The van der Waals surface area contributed by atoms with Crippen LogP contribution in [0.25, 0.3) is 0 Å². The van der Waals surface area contributed by atoms with E-state index in [4.69, 9.17) is 21.1 Å². The molecule has 2 aromatic rings. The largest absolute Gasteiger partial charge is 0.491 e. The molecule has 1 aliphatic heterocycles. The lowest BCUT2D eigenvalue weighted by Crippen LogP contribution is -2.45. The van der Waals surface area contributed by atoms with E-state index in [0.717, 1.165) is 12.1 Å². The number of nitrogens with one attached hydrogen (secondary N) is 1. The fourth-order valence-corrected chi connectivity index (χ4v) is 4.20. The third kappa shape index (κ3) is 5.80. The molecule has 0 spiro atoms. The van der Waals surface area contributed by atoms with E-state index in [1.165, 1.54) is 19.1 Å². The molecule has 3 rings (SSSR count). The number of carbonyl (C=O) groups excluding carboxylic acids is 1. The van der Waals surface area contributed by atoms with E-state index in [9.17, 15) is 36.3 Å². The second kappa shape index (κ2) is 9.80. The van der Waals surface area contributed by atoms with E-state index in [2.05, 4.69) is 0 Å². The lowest BCUT2D eigenvalue weighted by atomic mass is 9.95. The Hall–Kier alpha value is -2.83. The van der Waals surface area contributed by atoms with Gasteiger partial charge in [-0.15, -0.1) is 0 Å². The van der Waals surface area contributed by atoms with Crippen LogP contribution in [-0.2, 0) is 21.0 Å². The molecule has 34 heavy (non-hydrogen) atoms. The molecule has 0 bridgehead atoms. The van der Waals surface area contributed by atoms with E-state index in [-0.39, 0.29) is 34.1 Å². The first-order chi connectivity index (χ1) is 15.8. The summed E-state index contributed by atoms with van der Waals surface area (Å²) < 4.78 is 76.5. The van der Waals surface area contributed by atoms with Gasteiger partial charge in [-0.1, -0.05) is 23.7 Å². The number of carbonyl (C=O) groups is 2. The summed E-state index contributed by atoms with van der Waals surface area (Å²) in [6.07, 6.45) is -6.06. The molecule has 0 radical (unpaired) electrons. The molecular weight excluding hydrogens is 503 g/mol. The summed E-state index contributed by atoms with van der Waals surface area (Å²) >= 11 is 6.11. The van der Waals surface area contributed by atoms with Gasteiger partial charge in [0.25, 0.3) is 0 Å². The van der Waals surface area contributed by atoms with Gasteiger partial charge in [0.15, 0.2) is 11.8 Å². The highest BCUT2D eigenvalue weighted by Gasteiger charge is 2.35. The second-order valence-corrected chi connectivity index (χ2v) is 9.77. The van der Waals surface area contributed by atoms with Crippen LogP contribution in [0.5, 0.6) is 11.5 Å². The molecule has 0 amide bonds. The monoisotopic (exact) mass is 521 g/mol. The van der Waals surface area contributed by atoms with Crippen LogP contribution in [0.3, 0.4) is 0 Å². The van der Waals surface area contributed by atoms with E-state index in [0.29, 0.717) is 6.07 Å². The number of fused-ring (bicyclic) bond motifs is 1. The van der Waals surface area contributed by atoms with Crippen molar-refractivity contribution in [3.63, 3.8) is 0 Å². The first-order valence-electron chi connectivity index (χ1n) is 9.87. The van der Waals surface area contributed by atoms with Crippen LogP contribution in [0.15, 0.2) is 36.4 Å². The average molecular weight is 522 g/mol. The van der Waals surface area contributed by atoms with Crippen LogP contribution >= 0.6 is 11.6 Å². The predicted octanol–water partition coefficient (Wildman–Crippen LogP) is 3.84. The van der Waals surface area contributed by atoms with Gasteiger partial charge in [0.1, 0.15) is 24.2 Å². The molecule has 0 aromatic heterocycles. The second-order valence-electron chi connectivity index (χ2n) is 7.32. The number of ether oxygens (including phenoxy) is 2. The minimum absolute atomic E-state index is 0.0365. The first kappa shape index (κ1) is 25.8. The Morgan fingerprint density at radius 3 is 2.65 bits per heavy atom. The molecule has 0 saturated carbocycles. The number of hydrogen-bond donors (Lipinski definition) is 2. The number of halogens is 4. The number of carboxylic acids is 1. The number of aliphatic carboxylic acids is 1. The van der Waals surface area contributed by atoms with Crippen molar-refractivity contribution in [3.05, 3.63) is 58.1 Å². The quantitative estimate of drug-likeness (QED) is 0.541. The van der Waals surface area contributed by atoms with Crippen LogP contribution in [0, 0.1) is 0 Å². The summed E-state index contributed by atoms with van der Waals surface area (Å²) in [5, 5.41) is 9.45. The minimum atomic E-state index is -4.74. The molecule has 0 aliphatic carbocycles. The molecule has 1 unspecified atom stereocenters. The Labute approximate surface area is 197 Å². The molecule has 0 fully saturated rings. The Morgan fingerprint density at radius 2 is 2.03 bits per heavy atom. The van der Waals surface area contributed by atoms with E-state index in [1.807, 2.05) is 4.72 Å². The van der Waals surface area contributed by atoms with Gasteiger partial charge in [-0.2, -0.15) is 17.9 Å². The third-order valence-electron chi connectivity index (χ3n) is 4.99. The Morgan fingerprint density at radius 1 is 1.32 bits per heavy atom. The van der Waals surface area contributed by atoms with Crippen molar-refractivity contribution < 1.29 is 45.8 Å². The van der Waals surface area contributed by atoms with Gasteiger partial charge in [0.05, 0.1) is 28.3 Å². The number of para-hydroxylation sites is 1. The van der Waals surface area contributed by atoms with Crippen molar-refractivity contribution in [2.24, 2.45) is 0 Å². The highest BCUT2D eigenvalue weighted by molar-refractivity contribution is 7.89. The Balaban J connectivity index is 1.97. The molecule has 2 atom stereocenters. The van der Waals surface area contributed by atoms with Gasteiger partial charge in [-0.3, -0.25) is 9.59 Å². The number of Topliss-reactive ketones (excluding diaryl/α,β-unsaturated/α-hetero) is 1. The number of sulfonamides is 1. The van der Waals surface area contributed by atoms with Crippen LogP contribution < -0.4 is 14.2 Å². The lowest BCUT2D eigenvalue weighted by Gasteiger charge is -2.28. The van der Waals surface area contributed by atoms with Crippen LogP contribution in [0.2, 0.25) is 5.02 Å². The first-order valence-corrected chi connectivity index (χ1v) is 11.9. The molecule has 1 heterocycles. The van der Waals surface area contributed by atoms with Gasteiger partial charge >= 0.3 is 12.1 Å². The number of carboxylic acid groups (broad SMARTS) is 1. The lowest BCUT2D eigenvalue weighted by molar-refractivity contribution is -0.140. The fraction of sp³-hybridized carbons (Fsp3) is 0.333. The molecule has 184 valence electrons. The summed E-state index contributed by atoms with van der Waals surface area (Å²) in [6, 6.07) is 5.24. The molecule has 8 nitrogen and oxygen atoms in total. The summed E-state index contributed by atoms with van der Waals surface area (Å²) in [5.41, 5.74) is -0.833. The van der Waals surface area contributed by atoms with E-state index in [1.54, 1.807) is 6.07 Å². The maximum Gasteiger partial charge on any atom is 0.416 e. The normalized spacial score (nSPS) is 17.0. The molecular formula is C21H19ClF3NO7S. The molecule has 0 saturated heterocycles. The van der Waals surface area contributed by atoms with Crippen molar-refractivity contribution in [1.82, 2.24) is 4.72 Å². The Bertz CT molecular complexity index is 1220. The van der Waals surface area contributed by atoms with Gasteiger partial charge in [0, 0.05) is 5.56 Å². The topological polar surface area (TPSA) is 119 Å². The number of benzene rings is 2. The van der Waals surface area contributed by atoms with E-state index < -0.39 is 58.0 Å². The average Bonchev–Trinajstić information content (AvgIpc) is 2.76. The number of alkyl halides is 3. The SMILES string of the molecule is CCS(=O)(=O)N[C@@H](COc1cc(C(F)(F)F)ccc1C1CC(=O)c2cccc(Cl)c2O1)C(=O)O. The zero-order valence-corrected chi connectivity index (χ0v) is 19.1. The molecule has 2 aromatic carbocycles. The van der Waals surface area contributed by atoms with Crippen molar-refractivity contribution in [2.45, 2.75) is 31.7 Å². The highest BCUT2D eigenvalue weighted by atomic mass is 35.5. The number of ketones is 1. The van der Waals surface area contributed by atoms with E-state index >= 15 is 0 Å². The van der Waals surface area contributed by atoms with Crippen LogP contribution in [0.1, 0.15) is 40.9 Å². The van der Waals surface area contributed by atoms with Gasteiger partial charge < -0.3 is 14.6 Å². The van der Waals surface area contributed by atoms with Gasteiger partial charge in [-0.05, 0) is 31.2 Å². The molecule has 13 heteroatoms. The minimum Gasteiger partial charge on any atom is -0.491 e. The van der Waals surface area contributed by atoms with Gasteiger partial charge in [0.2, 0.25) is 10.0 Å². The third-order valence-corrected chi connectivity index (χ3v) is 6.69.